The quantitative estimate of drug-likeness (QED) is 0.719. The van der Waals surface area contributed by atoms with Crippen molar-refractivity contribution >= 4 is 5.97 Å². The summed E-state index contributed by atoms with van der Waals surface area (Å²) in [6.45, 7) is 3.82. The molecule has 1 fully saturated rings. The zero-order chi connectivity index (χ0) is 11.8. The maximum Gasteiger partial charge on any atom is 0.312 e. The largest absolute Gasteiger partial charge is 0.497 e. The molecule has 1 heterocycles. The molecule has 3 heteroatoms. The molecule has 1 saturated heterocycles. The van der Waals surface area contributed by atoms with Crippen molar-refractivity contribution in [2.75, 3.05) is 7.11 Å². The Morgan fingerprint density at radius 1 is 1.44 bits per heavy atom. The van der Waals surface area contributed by atoms with E-state index in [2.05, 4.69) is 0 Å². The van der Waals surface area contributed by atoms with Crippen molar-refractivity contribution < 1.29 is 14.3 Å². The third-order valence-electron chi connectivity index (χ3n) is 2.96. The van der Waals surface area contributed by atoms with Gasteiger partial charge in [0.15, 0.2) is 0 Å². The molecule has 1 unspecified atom stereocenters. The van der Waals surface area contributed by atoms with Crippen LogP contribution >= 0.6 is 0 Å². The van der Waals surface area contributed by atoms with Crippen LogP contribution in [0.4, 0.5) is 0 Å². The smallest absolute Gasteiger partial charge is 0.312 e. The summed E-state index contributed by atoms with van der Waals surface area (Å²) in [6.07, 6.45) is 0.580. The number of hydrogen-bond donors (Lipinski definition) is 0. The highest BCUT2D eigenvalue weighted by atomic mass is 16.6. The summed E-state index contributed by atoms with van der Waals surface area (Å²) in [4.78, 5) is 11.6. The first kappa shape index (κ1) is 11.0. The predicted octanol–water partition coefficient (Wildman–Crippen LogP) is 2.71. The average Bonchev–Trinajstić information content (AvgIpc) is 2.54. The Hall–Kier alpha value is -1.51. The molecule has 1 aromatic carbocycles. The molecule has 1 atom stereocenters. The van der Waals surface area contributed by atoms with Gasteiger partial charge in [-0.1, -0.05) is 12.1 Å². The van der Waals surface area contributed by atoms with E-state index >= 15 is 0 Å². The van der Waals surface area contributed by atoms with E-state index < -0.39 is 0 Å². The van der Waals surface area contributed by atoms with E-state index in [0.717, 1.165) is 17.7 Å². The van der Waals surface area contributed by atoms with Crippen LogP contribution in [0.5, 0.6) is 5.75 Å². The van der Waals surface area contributed by atoms with Crippen LogP contribution in [-0.2, 0) is 9.53 Å². The van der Waals surface area contributed by atoms with Crippen molar-refractivity contribution in [3.05, 3.63) is 29.8 Å². The normalized spacial score (nSPS) is 22.9. The lowest BCUT2D eigenvalue weighted by molar-refractivity contribution is -0.147. The van der Waals surface area contributed by atoms with Crippen molar-refractivity contribution in [1.29, 1.82) is 0 Å². The molecule has 0 aliphatic carbocycles. The second kappa shape index (κ2) is 3.81. The minimum atomic E-state index is -0.381. The summed E-state index contributed by atoms with van der Waals surface area (Å²) in [5.74, 6) is 0.665. The molecule has 0 amide bonds. The van der Waals surface area contributed by atoms with Gasteiger partial charge in [0.05, 0.1) is 12.5 Å². The van der Waals surface area contributed by atoms with E-state index in [0.29, 0.717) is 0 Å². The van der Waals surface area contributed by atoms with Crippen LogP contribution in [0, 0.1) is 5.41 Å². The Balaban J connectivity index is 2.23. The molecule has 3 nitrogen and oxygen atoms in total. The topological polar surface area (TPSA) is 35.5 Å². The van der Waals surface area contributed by atoms with Gasteiger partial charge in [0, 0.05) is 6.42 Å². The molecule has 16 heavy (non-hydrogen) atoms. The molecular formula is C13H16O3. The highest BCUT2D eigenvalue weighted by Crippen LogP contribution is 2.41. The van der Waals surface area contributed by atoms with Crippen LogP contribution in [0.3, 0.4) is 0 Å². The van der Waals surface area contributed by atoms with Crippen molar-refractivity contribution in [3.63, 3.8) is 0 Å². The molecule has 0 aromatic heterocycles. The standard InChI is InChI=1S/C13H16O3/c1-13(2)8-11(16-12(13)14)9-5-4-6-10(7-9)15-3/h4-7,11H,8H2,1-3H3. The lowest BCUT2D eigenvalue weighted by Crippen LogP contribution is -2.16. The second-order valence-electron chi connectivity index (χ2n) is 4.76. The van der Waals surface area contributed by atoms with Gasteiger partial charge in [0.2, 0.25) is 0 Å². The van der Waals surface area contributed by atoms with Crippen molar-refractivity contribution in [2.45, 2.75) is 26.4 Å². The minimum absolute atomic E-state index is 0.125. The van der Waals surface area contributed by atoms with Crippen molar-refractivity contribution in [3.8, 4) is 5.75 Å². The summed E-state index contributed by atoms with van der Waals surface area (Å²) in [7, 11) is 1.63. The summed E-state index contributed by atoms with van der Waals surface area (Å²) in [5.41, 5.74) is 0.617. The highest BCUT2D eigenvalue weighted by Gasteiger charge is 2.41. The SMILES string of the molecule is COc1cccc(C2CC(C)(C)C(=O)O2)c1. The van der Waals surface area contributed by atoms with Crippen LogP contribution < -0.4 is 4.74 Å². The first-order chi connectivity index (χ1) is 7.53. The number of carbonyl (C=O) groups is 1. The van der Waals surface area contributed by atoms with Crippen LogP contribution in [0.25, 0.3) is 0 Å². The number of cyclic esters (lactones) is 1. The van der Waals surface area contributed by atoms with Gasteiger partial charge in [-0.05, 0) is 31.5 Å². The molecule has 0 spiro atoms. The number of esters is 1. The lowest BCUT2D eigenvalue weighted by Gasteiger charge is -2.11. The minimum Gasteiger partial charge on any atom is -0.497 e. The zero-order valence-electron chi connectivity index (χ0n) is 9.82. The first-order valence-corrected chi connectivity index (χ1v) is 5.38. The summed E-state index contributed by atoms with van der Waals surface area (Å²) in [6, 6.07) is 7.67. The molecular weight excluding hydrogens is 204 g/mol. The molecule has 0 N–H and O–H groups in total. The number of benzene rings is 1. The summed E-state index contributed by atoms with van der Waals surface area (Å²) in [5, 5.41) is 0. The van der Waals surface area contributed by atoms with E-state index in [9.17, 15) is 4.79 Å². The van der Waals surface area contributed by atoms with Gasteiger partial charge in [-0.15, -0.1) is 0 Å². The third kappa shape index (κ3) is 1.90. The zero-order valence-corrected chi connectivity index (χ0v) is 9.82. The summed E-state index contributed by atoms with van der Waals surface area (Å²) < 4.78 is 10.5. The fraction of sp³-hybridized carbons (Fsp3) is 0.462. The number of rotatable bonds is 2. The molecule has 1 aliphatic heterocycles. The van der Waals surface area contributed by atoms with E-state index in [4.69, 9.17) is 9.47 Å². The summed E-state index contributed by atoms with van der Waals surface area (Å²) >= 11 is 0. The van der Waals surface area contributed by atoms with Gasteiger partial charge in [-0.2, -0.15) is 0 Å². The average molecular weight is 220 g/mol. The Morgan fingerprint density at radius 3 is 2.75 bits per heavy atom. The Morgan fingerprint density at radius 2 is 2.19 bits per heavy atom. The fourth-order valence-electron chi connectivity index (χ4n) is 1.90. The maximum atomic E-state index is 11.6. The molecule has 0 bridgehead atoms. The predicted molar refractivity (Wildman–Crippen MR) is 60.2 cm³/mol. The van der Waals surface area contributed by atoms with E-state index in [1.165, 1.54) is 0 Å². The second-order valence-corrected chi connectivity index (χ2v) is 4.76. The molecule has 0 radical (unpaired) electrons. The lowest BCUT2D eigenvalue weighted by atomic mass is 9.88. The van der Waals surface area contributed by atoms with Crippen LogP contribution in [-0.4, -0.2) is 13.1 Å². The van der Waals surface area contributed by atoms with Crippen molar-refractivity contribution in [2.24, 2.45) is 5.41 Å². The number of hydrogen-bond acceptors (Lipinski definition) is 3. The first-order valence-electron chi connectivity index (χ1n) is 5.38. The van der Waals surface area contributed by atoms with Gasteiger partial charge < -0.3 is 9.47 Å². The fourth-order valence-corrected chi connectivity index (χ4v) is 1.90. The third-order valence-corrected chi connectivity index (χ3v) is 2.96. The van der Waals surface area contributed by atoms with E-state index in [1.807, 2.05) is 38.1 Å². The van der Waals surface area contributed by atoms with E-state index in [-0.39, 0.29) is 17.5 Å². The number of methoxy groups -OCH3 is 1. The molecule has 1 aromatic rings. The van der Waals surface area contributed by atoms with Gasteiger partial charge in [-0.3, -0.25) is 4.79 Å². The van der Waals surface area contributed by atoms with Crippen LogP contribution in [0.1, 0.15) is 31.9 Å². The highest BCUT2D eigenvalue weighted by molar-refractivity contribution is 5.78. The van der Waals surface area contributed by atoms with Gasteiger partial charge in [-0.25, -0.2) is 0 Å². The van der Waals surface area contributed by atoms with Crippen LogP contribution in [0.15, 0.2) is 24.3 Å². The number of ether oxygens (including phenoxy) is 2. The molecule has 0 saturated carbocycles. The number of carbonyl (C=O) groups excluding carboxylic acids is 1. The van der Waals surface area contributed by atoms with E-state index in [1.54, 1.807) is 7.11 Å². The van der Waals surface area contributed by atoms with Gasteiger partial charge in [0.1, 0.15) is 11.9 Å². The van der Waals surface area contributed by atoms with Gasteiger partial charge in [0.25, 0.3) is 0 Å². The molecule has 86 valence electrons. The Bertz CT molecular complexity index is 409. The Labute approximate surface area is 95.4 Å². The van der Waals surface area contributed by atoms with Gasteiger partial charge >= 0.3 is 5.97 Å². The van der Waals surface area contributed by atoms with Crippen molar-refractivity contribution in [1.82, 2.24) is 0 Å². The monoisotopic (exact) mass is 220 g/mol. The maximum absolute atomic E-state index is 11.6. The Kier molecular flexibility index (Phi) is 2.62. The van der Waals surface area contributed by atoms with Crippen LogP contribution in [0.2, 0.25) is 0 Å². The molecule has 2 rings (SSSR count). The molecule has 1 aliphatic rings.